The van der Waals surface area contributed by atoms with Crippen LogP contribution in [0.25, 0.3) is 23.4 Å². The van der Waals surface area contributed by atoms with Crippen molar-refractivity contribution >= 4 is 87.3 Å². The number of thiazole rings is 1. The van der Waals surface area contributed by atoms with Crippen molar-refractivity contribution in [2.75, 3.05) is 65.4 Å². The number of benzene rings is 2. The van der Waals surface area contributed by atoms with Crippen LogP contribution in [-0.4, -0.2) is 176 Å². The maximum Gasteiger partial charge on any atom is 0.415 e. The molecule has 4 fully saturated rings. The Hall–Kier alpha value is -5.85. The van der Waals surface area contributed by atoms with Gasteiger partial charge < -0.3 is 65.3 Å². The SMILES string of the molecule is C=c1c(C)c(O)c(=C)c(C(C)(C)CC(=O)N(C)CCN(CCOCCOCCC(=O)NCCCCC(NC(=O)CC[C@@H](C)[C@H]2CC[C@H]3[C@@H]4CC[C@@H]5C[C@H](O)CC[C@]5(C)[C@H]4C[C@H](O)[C@]23C)C(=O)O)C(=O)Oc2ccc3nc(C4=NC(C(=O)O)CS4)sc3c2)c1O. The Morgan fingerprint density at radius 3 is 2.33 bits per heavy atom. The summed E-state index contributed by atoms with van der Waals surface area (Å²) in [6.07, 6.45) is 8.63. The fourth-order valence-corrected chi connectivity index (χ4v) is 17.6. The number of aromatic nitrogens is 1. The molecular formula is C66H94N6O15S2. The Morgan fingerprint density at radius 1 is 0.865 bits per heavy atom. The molecule has 2 heterocycles. The molecule has 23 heteroatoms. The maximum absolute atomic E-state index is 13.9. The van der Waals surface area contributed by atoms with E-state index in [9.17, 15) is 59.4 Å². The lowest BCUT2D eigenvalue weighted by Gasteiger charge is -2.62. The van der Waals surface area contributed by atoms with Gasteiger partial charge in [0.15, 0.2) is 6.04 Å². The fourth-order valence-electron chi connectivity index (χ4n) is 15.5. The second kappa shape index (κ2) is 29.6. The third-order valence-electron chi connectivity index (χ3n) is 20.8. The number of aliphatic carboxylic acids is 2. The zero-order valence-electron chi connectivity index (χ0n) is 52.9. The van der Waals surface area contributed by atoms with Gasteiger partial charge in [0.05, 0.1) is 48.9 Å². The highest BCUT2D eigenvalue weighted by atomic mass is 32.2. The summed E-state index contributed by atoms with van der Waals surface area (Å²) in [5, 5.41) is 70.7. The fraction of sp³-hybridized carbons (Fsp3) is 0.667. The summed E-state index contributed by atoms with van der Waals surface area (Å²) in [5.41, 5.74) is 0.292. The van der Waals surface area contributed by atoms with E-state index in [0.29, 0.717) is 86.6 Å². The molecule has 12 atom stereocenters. The number of thioether (sulfide) groups is 1. The minimum atomic E-state index is -1.11. The highest BCUT2D eigenvalue weighted by molar-refractivity contribution is 8.15. The number of aliphatic imine (C=N–C) groups is 1. The molecule has 8 N–H and O–H groups in total. The van der Waals surface area contributed by atoms with Gasteiger partial charge in [-0.05, 0) is 142 Å². The number of aliphatic hydroxyl groups excluding tert-OH is 2. The van der Waals surface area contributed by atoms with Crippen molar-refractivity contribution < 1.29 is 73.6 Å². The summed E-state index contributed by atoms with van der Waals surface area (Å²) in [5.74, 6) is -0.212. The predicted molar refractivity (Wildman–Crippen MR) is 341 cm³/mol. The quantitative estimate of drug-likeness (QED) is 0.0254. The lowest BCUT2D eigenvalue weighted by Crippen LogP contribution is -2.58. The number of likely N-dealkylation sites (N-methyl/N-ethyl adjacent to an activating group) is 1. The van der Waals surface area contributed by atoms with E-state index in [4.69, 9.17) is 14.2 Å². The standard InChI is InChI=1S/C66H94N6O15S2/c1-37(45-17-18-46-44-16-14-41-32-42(73)21-23-65(41,7)47(44)34-52(74)66(45,46)8)13-20-54(76)68-49(61(80)81)12-10-11-24-67-53(75)22-28-85-30-31-86-29-27-72(26-25-71(9)55(77)35-64(5,6)56-40(4)57(78)38(2)39(3)58(56)79)63(84)87-43-15-19-48-51(33-43)89-60(69-48)59-70-50(36-88-59)62(82)83/h15,19,33,37,41-42,44-47,49-50,52,73-74,78-79H,3-4,10-14,16-18,20-32,34-36H2,1-2,5-9H3,(H,67,75)(H,68,76)(H,80,81)(H,82,83)/t37-,41-,42-,44+,45-,46+,47+,49?,50?,52+,65+,66-/m1/s1. The van der Waals surface area contributed by atoms with Crippen LogP contribution in [0, 0.1) is 53.3 Å². The number of carbonyl (C=O) groups is 6. The second-order valence-electron chi connectivity index (χ2n) is 26.8. The first-order valence-electron chi connectivity index (χ1n) is 31.7. The van der Waals surface area contributed by atoms with Gasteiger partial charge in [-0.1, -0.05) is 47.8 Å². The Labute approximate surface area is 530 Å². The molecule has 4 aliphatic carbocycles. The number of carbonyl (C=O) groups excluding carboxylic acids is 4. The molecule has 8 rings (SSSR count). The number of aromatic hydroxyl groups is 2. The van der Waals surface area contributed by atoms with E-state index in [1.807, 2.05) is 0 Å². The van der Waals surface area contributed by atoms with Gasteiger partial charge in [0.2, 0.25) is 17.7 Å². The van der Waals surface area contributed by atoms with Gasteiger partial charge in [-0.2, -0.15) is 0 Å². The molecule has 4 saturated carbocycles. The number of phenolic OH excluding ortho intramolecular Hbond substituents is 2. The smallest absolute Gasteiger partial charge is 0.415 e. The summed E-state index contributed by atoms with van der Waals surface area (Å²) in [4.78, 5) is 89.0. The van der Waals surface area contributed by atoms with Crippen molar-refractivity contribution in [3.63, 3.8) is 0 Å². The van der Waals surface area contributed by atoms with E-state index in [-0.39, 0.29) is 146 Å². The van der Waals surface area contributed by atoms with Crippen molar-refractivity contribution in [3.8, 4) is 17.2 Å². The predicted octanol–water partition coefficient (Wildman–Crippen LogP) is 7.10. The number of carboxylic acids is 2. The third-order valence-corrected chi connectivity index (χ3v) is 23.0. The summed E-state index contributed by atoms with van der Waals surface area (Å²) in [6.45, 7) is 20.9. The Balaban J connectivity index is 0.733. The number of ether oxygens (including phenoxy) is 3. The number of fused-ring (bicyclic) bond motifs is 6. The number of rotatable bonds is 29. The summed E-state index contributed by atoms with van der Waals surface area (Å²) in [6, 6.07) is 3.07. The molecule has 0 spiro atoms. The molecule has 89 heavy (non-hydrogen) atoms. The van der Waals surface area contributed by atoms with Crippen LogP contribution in [0.1, 0.15) is 147 Å². The van der Waals surface area contributed by atoms with Crippen LogP contribution in [0.2, 0.25) is 0 Å². The zero-order chi connectivity index (χ0) is 64.7. The van der Waals surface area contributed by atoms with Crippen LogP contribution >= 0.6 is 23.1 Å². The molecule has 21 nitrogen and oxygen atoms in total. The van der Waals surface area contributed by atoms with Crippen molar-refractivity contribution in [2.24, 2.45) is 51.3 Å². The van der Waals surface area contributed by atoms with Gasteiger partial charge in [-0.25, -0.2) is 19.4 Å². The monoisotopic (exact) mass is 1270 g/mol. The first-order valence-corrected chi connectivity index (χ1v) is 33.5. The third kappa shape index (κ3) is 15.9. The molecule has 2 aromatic carbocycles. The lowest BCUT2D eigenvalue weighted by atomic mass is 9.43. The molecule has 1 aliphatic heterocycles. The van der Waals surface area contributed by atoms with Crippen LogP contribution in [0.15, 0.2) is 23.2 Å². The van der Waals surface area contributed by atoms with Crippen molar-refractivity contribution in [2.45, 2.75) is 168 Å². The van der Waals surface area contributed by atoms with Gasteiger partial charge >= 0.3 is 18.0 Å². The van der Waals surface area contributed by atoms with Gasteiger partial charge in [-0.3, -0.25) is 19.4 Å². The van der Waals surface area contributed by atoms with E-state index in [1.54, 1.807) is 46.0 Å². The lowest BCUT2D eigenvalue weighted by molar-refractivity contribution is -0.175. The minimum Gasteiger partial charge on any atom is -0.507 e. The molecule has 490 valence electrons. The average molecular weight is 1280 g/mol. The number of unbranched alkanes of at least 4 members (excludes halogenated alkanes) is 1. The number of nitrogens with zero attached hydrogens (tertiary/aromatic N) is 4. The van der Waals surface area contributed by atoms with Crippen LogP contribution in [0.5, 0.6) is 17.2 Å². The average Bonchev–Trinajstić information content (AvgIpc) is 1.74. The molecule has 0 saturated heterocycles. The molecule has 0 bridgehead atoms. The van der Waals surface area contributed by atoms with E-state index < -0.39 is 41.6 Å². The summed E-state index contributed by atoms with van der Waals surface area (Å²) >= 11 is 2.61. The number of carboxylic acid groups (broad SMARTS) is 2. The minimum absolute atomic E-state index is 0.0470. The van der Waals surface area contributed by atoms with Gasteiger partial charge in [0.25, 0.3) is 0 Å². The van der Waals surface area contributed by atoms with Gasteiger partial charge in [-0.15, -0.1) is 23.1 Å². The summed E-state index contributed by atoms with van der Waals surface area (Å²) in [7, 11) is 1.60. The van der Waals surface area contributed by atoms with Crippen molar-refractivity contribution in [1.82, 2.24) is 25.4 Å². The number of phenols is 2. The molecule has 0 radical (unpaired) electrons. The van der Waals surface area contributed by atoms with E-state index >= 15 is 0 Å². The molecule has 2 unspecified atom stereocenters. The molecule has 3 aromatic rings. The normalized spacial score (nSPS) is 26.3. The highest BCUT2D eigenvalue weighted by Gasteiger charge is 2.64. The van der Waals surface area contributed by atoms with Gasteiger partial charge in [0, 0.05) is 91.3 Å². The van der Waals surface area contributed by atoms with Crippen LogP contribution in [0.4, 0.5) is 4.79 Å². The van der Waals surface area contributed by atoms with E-state index in [2.05, 4.69) is 54.5 Å². The summed E-state index contributed by atoms with van der Waals surface area (Å²) < 4.78 is 18.0. The largest absolute Gasteiger partial charge is 0.507 e. The van der Waals surface area contributed by atoms with Crippen molar-refractivity contribution in [1.29, 1.82) is 0 Å². The van der Waals surface area contributed by atoms with Crippen LogP contribution in [-0.2, 0) is 38.9 Å². The molecule has 5 aliphatic rings. The number of hydrogen-bond acceptors (Lipinski definition) is 17. The Bertz CT molecular complexity index is 3210. The first kappa shape index (κ1) is 69.0. The highest BCUT2D eigenvalue weighted by Crippen LogP contribution is 2.68. The topological polar surface area (TPSA) is 307 Å². The molecule has 1 aromatic heterocycles. The number of hydrogen-bond donors (Lipinski definition) is 8. The Kier molecular flexibility index (Phi) is 23.0. The number of amides is 4. The van der Waals surface area contributed by atoms with Crippen LogP contribution < -0.4 is 25.8 Å². The second-order valence-corrected chi connectivity index (χ2v) is 28.9. The van der Waals surface area contributed by atoms with Crippen molar-refractivity contribution in [3.05, 3.63) is 44.8 Å². The van der Waals surface area contributed by atoms with Gasteiger partial charge in [0.1, 0.15) is 33.3 Å². The van der Waals surface area contributed by atoms with Crippen LogP contribution in [0.3, 0.4) is 0 Å². The zero-order valence-corrected chi connectivity index (χ0v) is 54.5. The molecular weight excluding hydrogens is 1180 g/mol. The Morgan fingerprint density at radius 2 is 1.61 bits per heavy atom. The van der Waals surface area contributed by atoms with E-state index in [1.165, 1.54) is 32.9 Å². The maximum atomic E-state index is 13.9. The number of aliphatic hydroxyl groups is 2. The number of nitrogens with one attached hydrogen (secondary N) is 2. The first-order chi connectivity index (χ1) is 42.1. The molecule has 4 amide bonds. The van der Waals surface area contributed by atoms with E-state index in [0.717, 1.165) is 51.4 Å².